The average Bonchev–Trinajstić information content (AvgIpc) is 3.60. The standard InChI is InChI=1S/C50H33NS/c1-2-14-35(15-3-1)41-21-10-17-37-18-11-23-44(49(37)41)43-19-6-8-24-46(43)51(40-32-27-34-13-4-5-16-38(34)33-40)39-30-28-36(29-31-39)42-22-12-26-48-50(42)45-20-7-9-25-47(45)52-48/h1-33H. The van der Waals surface area contributed by atoms with Crippen molar-refractivity contribution in [3.05, 3.63) is 200 Å². The summed E-state index contributed by atoms with van der Waals surface area (Å²) in [5, 5.41) is 7.58. The number of fused-ring (bicyclic) bond motifs is 5. The van der Waals surface area contributed by atoms with E-state index in [1.54, 1.807) is 0 Å². The van der Waals surface area contributed by atoms with Gasteiger partial charge in [0.25, 0.3) is 0 Å². The Kier molecular flexibility index (Phi) is 7.41. The Morgan fingerprint density at radius 1 is 0.327 bits per heavy atom. The first-order valence-corrected chi connectivity index (χ1v) is 18.6. The molecule has 1 aromatic heterocycles. The zero-order valence-corrected chi connectivity index (χ0v) is 29.2. The molecule has 2 heteroatoms. The summed E-state index contributed by atoms with van der Waals surface area (Å²) in [7, 11) is 0. The van der Waals surface area contributed by atoms with Gasteiger partial charge in [0.1, 0.15) is 0 Å². The summed E-state index contributed by atoms with van der Waals surface area (Å²) in [6.07, 6.45) is 0. The molecule has 0 aliphatic carbocycles. The van der Waals surface area contributed by atoms with E-state index in [0.29, 0.717) is 0 Å². The molecule has 0 radical (unpaired) electrons. The van der Waals surface area contributed by atoms with E-state index in [4.69, 9.17) is 0 Å². The number of para-hydroxylation sites is 1. The van der Waals surface area contributed by atoms with Gasteiger partial charge in [-0.15, -0.1) is 11.3 Å². The van der Waals surface area contributed by atoms with Crippen molar-refractivity contribution in [2.45, 2.75) is 0 Å². The van der Waals surface area contributed by atoms with Gasteiger partial charge in [0.15, 0.2) is 0 Å². The first kappa shape index (κ1) is 30.4. The fraction of sp³-hybridized carbons (Fsp3) is 0. The molecular formula is C50H33NS. The van der Waals surface area contributed by atoms with Crippen LogP contribution in [-0.4, -0.2) is 0 Å². The lowest BCUT2D eigenvalue weighted by Crippen LogP contribution is -2.11. The van der Waals surface area contributed by atoms with Crippen LogP contribution in [0.2, 0.25) is 0 Å². The second kappa shape index (κ2) is 12.7. The zero-order chi connectivity index (χ0) is 34.4. The minimum atomic E-state index is 1.11. The number of hydrogen-bond acceptors (Lipinski definition) is 2. The SMILES string of the molecule is c1ccc(-c2cccc3cccc(-c4ccccc4N(c4ccc(-c5cccc6sc7ccccc7c56)cc4)c4ccc5ccccc5c4)c23)cc1. The third kappa shape index (κ3) is 5.16. The fourth-order valence-electron chi connectivity index (χ4n) is 7.87. The van der Waals surface area contributed by atoms with E-state index in [-0.39, 0.29) is 0 Å². The molecule has 0 fully saturated rings. The average molecular weight is 680 g/mol. The topological polar surface area (TPSA) is 3.24 Å². The molecule has 0 unspecified atom stereocenters. The van der Waals surface area contributed by atoms with Gasteiger partial charge in [-0.1, -0.05) is 158 Å². The van der Waals surface area contributed by atoms with Gasteiger partial charge in [-0.25, -0.2) is 0 Å². The van der Waals surface area contributed by atoms with Crippen LogP contribution in [-0.2, 0) is 0 Å². The van der Waals surface area contributed by atoms with Crippen LogP contribution in [0.1, 0.15) is 0 Å². The molecule has 0 aliphatic heterocycles. The van der Waals surface area contributed by atoms with Crippen molar-refractivity contribution < 1.29 is 0 Å². The molecule has 1 heterocycles. The summed E-state index contributed by atoms with van der Waals surface area (Å²) in [6, 6.07) is 73.0. The summed E-state index contributed by atoms with van der Waals surface area (Å²) in [4.78, 5) is 2.43. The van der Waals surface area contributed by atoms with Gasteiger partial charge in [-0.3, -0.25) is 0 Å². The highest BCUT2D eigenvalue weighted by atomic mass is 32.1. The van der Waals surface area contributed by atoms with E-state index in [2.05, 4.69) is 205 Å². The third-order valence-corrected chi connectivity index (χ3v) is 11.4. The van der Waals surface area contributed by atoms with Gasteiger partial charge in [-0.2, -0.15) is 0 Å². The number of anilines is 3. The minimum Gasteiger partial charge on any atom is -0.310 e. The molecule has 0 amide bonds. The minimum absolute atomic E-state index is 1.11. The Balaban J connectivity index is 1.18. The largest absolute Gasteiger partial charge is 0.310 e. The smallest absolute Gasteiger partial charge is 0.0540 e. The van der Waals surface area contributed by atoms with Crippen molar-refractivity contribution in [3.8, 4) is 33.4 Å². The second-order valence-electron chi connectivity index (χ2n) is 13.3. The zero-order valence-electron chi connectivity index (χ0n) is 28.4. The molecule has 0 aliphatic rings. The van der Waals surface area contributed by atoms with Gasteiger partial charge in [0, 0.05) is 37.1 Å². The first-order valence-electron chi connectivity index (χ1n) is 17.8. The van der Waals surface area contributed by atoms with E-state index in [1.807, 2.05) is 11.3 Å². The van der Waals surface area contributed by atoms with Crippen molar-refractivity contribution in [2.24, 2.45) is 0 Å². The van der Waals surface area contributed by atoms with Crippen LogP contribution in [0.15, 0.2) is 200 Å². The Morgan fingerprint density at radius 3 is 1.75 bits per heavy atom. The summed E-state index contributed by atoms with van der Waals surface area (Å²) in [5.41, 5.74) is 10.7. The van der Waals surface area contributed by atoms with Gasteiger partial charge in [-0.05, 0) is 91.8 Å². The molecule has 10 aromatic rings. The van der Waals surface area contributed by atoms with Crippen molar-refractivity contribution in [1.82, 2.24) is 0 Å². The van der Waals surface area contributed by atoms with Crippen LogP contribution in [0.25, 0.3) is 75.1 Å². The number of hydrogen-bond donors (Lipinski definition) is 0. The van der Waals surface area contributed by atoms with Crippen LogP contribution < -0.4 is 4.90 Å². The van der Waals surface area contributed by atoms with Gasteiger partial charge in [0.2, 0.25) is 0 Å². The molecule has 0 saturated heterocycles. The number of thiophene rings is 1. The molecule has 52 heavy (non-hydrogen) atoms. The first-order chi connectivity index (χ1) is 25.8. The quantitative estimate of drug-likeness (QED) is 0.169. The van der Waals surface area contributed by atoms with Crippen molar-refractivity contribution in [3.63, 3.8) is 0 Å². The molecule has 0 saturated carbocycles. The lowest BCUT2D eigenvalue weighted by molar-refractivity contribution is 1.29. The number of benzene rings is 9. The molecule has 10 rings (SSSR count). The van der Waals surface area contributed by atoms with E-state index in [0.717, 1.165) is 17.1 Å². The summed E-state index contributed by atoms with van der Waals surface area (Å²) < 4.78 is 2.64. The maximum absolute atomic E-state index is 2.43. The maximum atomic E-state index is 2.43. The monoisotopic (exact) mass is 679 g/mol. The molecule has 0 atom stereocenters. The van der Waals surface area contributed by atoms with Gasteiger partial charge >= 0.3 is 0 Å². The van der Waals surface area contributed by atoms with Crippen molar-refractivity contribution in [2.75, 3.05) is 4.90 Å². The molecule has 1 nitrogen and oxygen atoms in total. The van der Waals surface area contributed by atoms with Gasteiger partial charge in [0.05, 0.1) is 5.69 Å². The van der Waals surface area contributed by atoms with Crippen molar-refractivity contribution in [1.29, 1.82) is 0 Å². The number of nitrogens with zero attached hydrogens (tertiary/aromatic N) is 1. The Bertz CT molecular complexity index is 2900. The van der Waals surface area contributed by atoms with Crippen LogP contribution in [0.5, 0.6) is 0 Å². The van der Waals surface area contributed by atoms with Crippen LogP contribution >= 0.6 is 11.3 Å². The van der Waals surface area contributed by atoms with Crippen LogP contribution in [0, 0.1) is 0 Å². The summed E-state index contributed by atoms with van der Waals surface area (Å²) >= 11 is 1.87. The Morgan fingerprint density at radius 2 is 0.904 bits per heavy atom. The van der Waals surface area contributed by atoms with Crippen LogP contribution in [0.3, 0.4) is 0 Å². The van der Waals surface area contributed by atoms with Gasteiger partial charge < -0.3 is 4.90 Å². The van der Waals surface area contributed by atoms with E-state index >= 15 is 0 Å². The third-order valence-electron chi connectivity index (χ3n) is 10.3. The lowest BCUT2D eigenvalue weighted by atomic mass is 9.90. The summed E-state index contributed by atoms with van der Waals surface area (Å²) in [5.74, 6) is 0. The molecule has 0 N–H and O–H groups in total. The van der Waals surface area contributed by atoms with E-state index in [1.165, 1.54) is 75.1 Å². The van der Waals surface area contributed by atoms with E-state index < -0.39 is 0 Å². The van der Waals surface area contributed by atoms with Crippen molar-refractivity contribution >= 4 is 70.1 Å². The second-order valence-corrected chi connectivity index (χ2v) is 14.4. The number of rotatable bonds is 6. The lowest BCUT2D eigenvalue weighted by Gasteiger charge is -2.29. The predicted molar refractivity (Wildman–Crippen MR) is 225 cm³/mol. The molecular weight excluding hydrogens is 647 g/mol. The summed E-state index contributed by atoms with van der Waals surface area (Å²) in [6.45, 7) is 0. The normalized spacial score (nSPS) is 11.5. The highest BCUT2D eigenvalue weighted by Crippen LogP contribution is 2.46. The Labute approximate surface area is 307 Å². The molecule has 0 spiro atoms. The molecule has 0 bridgehead atoms. The highest BCUT2D eigenvalue weighted by molar-refractivity contribution is 7.25. The molecule has 9 aromatic carbocycles. The predicted octanol–water partition coefficient (Wildman–Crippen LogP) is 14.8. The maximum Gasteiger partial charge on any atom is 0.0540 e. The Hall–Kier alpha value is -6.48. The van der Waals surface area contributed by atoms with E-state index in [9.17, 15) is 0 Å². The van der Waals surface area contributed by atoms with Crippen LogP contribution in [0.4, 0.5) is 17.1 Å². The fourth-order valence-corrected chi connectivity index (χ4v) is 9.00. The highest BCUT2D eigenvalue weighted by Gasteiger charge is 2.20. The molecule has 244 valence electrons.